The van der Waals surface area contributed by atoms with Crippen molar-refractivity contribution in [1.82, 2.24) is 0 Å². The van der Waals surface area contributed by atoms with E-state index in [2.05, 4.69) is 5.32 Å². The molecule has 0 aliphatic carbocycles. The van der Waals surface area contributed by atoms with Crippen LogP contribution in [0.2, 0.25) is 0 Å². The highest BCUT2D eigenvalue weighted by Crippen LogP contribution is 2.16. The van der Waals surface area contributed by atoms with Crippen molar-refractivity contribution in [3.05, 3.63) is 24.3 Å². The number of hydrogen-bond donors (Lipinski definition) is 2. The SMILES string of the molecule is CC(C)(C)OCC(=O)Nc1ccccc1N. The molecule has 1 aromatic carbocycles. The van der Waals surface area contributed by atoms with E-state index >= 15 is 0 Å². The van der Waals surface area contributed by atoms with Gasteiger partial charge in [-0.25, -0.2) is 0 Å². The molecule has 0 radical (unpaired) electrons. The van der Waals surface area contributed by atoms with Gasteiger partial charge in [0.25, 0.3) is 0 Å². The van der Waals surface area contributed by atoms with Crippen molar-refractivity contribution in [2.75, 3.05) is 17.7 Å². The summed E-state index contributed by atoms with van der Waals surface area (Å²) in [5.74, 6) is -0.201. The van der Waals surface area contributed by atoms with Crippen molar-refractivity contribution in [3.63, 3.8) is 0 Å². The molecule has 0 saturated heterocycles. The van der Waals surface area contributed by atoms with E-state index in [1.807, 2.05) is 32.9 Å². The van der Waals surface area contributed by atoms with Crippen molar-refractivity contribution < 1.29 is 9.53 Å². The third-order valence-corrected chi connectivity index (χ3v) is 1.87. The maximum Gasteiger partial charge on any atom is 0.250 e. The Labute approximate surface area is 95.8 Å². The summed E-state index contributed by atoms with van der Waals surface area (Å²) in [6.07, 6.45) is 0. The lowest BCUT2D eigenvalue weighted by Gasteiger charge is -2.19. The summed E-state index contributed by atoms with van der Waals surface area (Å²) in [6.45, 7) is 5.73. The first-order chi connectivity index (χ1) is 7.38. The third-order valence-electron chi connectivity index (χ3n) is 1.87. The van der Waals surface area contributed by atoms with E-state index in [1.54, 1.807) is 12.1 Å². The quantitative estimate of drug-likeness (QED) is 0.769. The van der Waals surface area contributed by atoms with Gasteiger partial charge in [-0.2, -0.15) is 0 Å². The van der Waals surface area contributed by atoms with E-state index in [4.69, 9.17) is 10.5 Å². The van der Waals surface area contributed by atoms with E-state index in [1.165, 1.54) is 0 Å². The molecule has 0 aliphatic heterocycles. The van der Waals surface area contributed by atoms with Crippen LogP contribution < -0.4 is 11.1 Å². The Morgan fingerprint density at radius 3 is 2.56 bits per heavy atom. The minimum absolute atomic E-state index is 0.0256. The first-order valence-electron chi connectivity index (χ1n) is 5.17. The second-order valence-electron chi connectivity index (χ2n) is 4.54. The van der Waals surface area contributed by atoms with Gasteiger partial charge in [0.05, 0.1) is 17.0 Å². The first-order valence-corrected chi connectivity index (χ1v) is 5.17. The average Bonchev–Trinajstić information content (AvgIpc) is 2.18. The molecule has 0 spiro atoms. The summed E-state index contributed by atoms with van der Waals surface area (Å²) in [7, 11) is 0. The highest BCUT2D eigenvalue weighted by Gasteiger charge is 2.13. The number of nitrogens with one attached hydrogen (secondary N) is 1. The molecule has 88 valence electrons. The number of nitrogen functional groups attached to an aromatic ring is 1. The summed E-state index contributed by atoms with van der Waals surface area (Å²) in [5, 5.41) is 2.69. The number of amides is 1. The molecule has 1 amide bonds. The molecule has 0 atom stereocenters. The van der Waals surface area contributed by atoms with Crippen LogP contribution in [-0.2, 0) is 9.53 Å². The maximum absolute atomic E-state index is 11.5. The molecule has 0 unspecified atom stereocenters. The number of ether oxygens (including phenoxy) is 1. The summed E-state index contributed by atoms with van der Waals surface area (Å²) in [6, 6.07) is 7.12. The summed E-state index contributed by atoms with van der Waals surface area (Å²) >= 11 is 0. The van der Waals surface area contributed by atoms with Crippen LogP contribution in [-0.4, -0.2) is 18.1 Å². The number of carbonyl (C=O) groups excluding carboxylic acids is 1. The molecule has 3 N–H and O–H groups in total. The molecule has 0 saturated carbocycles. The first kappa shape index (κ1) is 12.5. The zero-order valence-corrected chi connectivity index (χ0v) is 9.91. The van der Waals surface area contributed by atoms with Crippen LogP contribution in [0.15, 0.2) is 24.3 Å². The predicted molar refractivity (Wildman–Crippen MR) is 65.2 cm³/mol. The number of anilines is 2. The lowest BCUT2D eigenvalue weighted by Crippen LogP contribution is -2.27. The summed E-state index contributed by atoms with van der Waals surface area (Å²) in [5.41, 5.74) is 6.54. The van der Waals surface area contributed by atoms with Crippen LogP contribution >= 0.6 is 0 Å². The number of rotatable bonds is 3. The zero-order valence-electron chi connectivity index (χ0n) is 9.91. The Balaban J connectivity index is 2.50. The van der Waals surface area contributed by atoms with Gasteiger partial charge < -0.3 is 15.8 Å². The molecule has 0 heterocycles. The van der Waals surface area contributed by atoms with Crippen LogP contribution in [0.1, 0.15) is 20.8 Å². The monoisotopic (exact) mass is 222 g/mol. The second kappa shape index (κ2) is 4.99. The lowest BCUT2D eigenvalue weighted by atomic mass is 10.2. The van der Waals surface area contributed by atoms with Crippen LogP contribution in [0.5, 0.6) is 0 Å². The molecule has 4 nitrogen and oxygen atoms in total. The van der Waals surface area contributed by atoms with E-state index in [-0.39, 0.29) is 18.1 Å². The van der Waals surface area contributed by atoms with Crippen molar-refractivity contribution in [3.8, 4) is 0 Å². The second-order valence-corrected chi connectivity index (χ2v) is 4.54. The molecule has 1 aromatic rings. The molecule has 0 aliphatic rings. The number of para-hydroxylation sites is 2. The number of nitrogens with two attached hydrogens (primary N) is 1. The highest BCUT2D eigenvalue weighted by atomic mass is 16.5. The fourth-order valence-corrected chi connectivity index (χ4v) is 1.08. The molecule has 16 heavy (non-hydrogen) atoms. The van der Waals surface area contributed by atoms with Crippen LogP contribution in [0, 0.1) is 0 Å². The molecule has 0 bridgehead atoms. The molecule has 1 rings (SSSR count). The molecule has 0 fully saturated rings. The van der Waals surface area contributed by atoms with Gasteiger partial charge in [-0.1, -0.05) is 12.1 Å². The predicted octanol–water partition coefficient (Wildman–Crippen LogP) is 2.02. The standard InChI is InChI=1S/C12H18N2O2/c1-12(2,3)16-8-11(15)14-10-7-5-4-6-9(10)13/h4-7H,8,13H2,1-3H3,(H,14,15). The lowest BCUT2D eigenvalue weighted by molar-refractivity contribution is -0.125. The Morgan fingerprint density at radius 1 is 1.38 bits per heavy atom. The smallest absolute Gasteiger partial charge is 0.250 e. The van der Waals surface area contributed by atoms with Crippen molar-refractivity contribution in [2.45, 2.75) is 26.4 Å². The van der Waals surface area contributed by atoms with E-state index in [0.717, 1.165) is 0 Å². The molecule has 4 heteroatoms. The van der Waals surface area contributed by atoms with Gasteiger partial charge in [-0.05, 0) is 32.9 Å². The van der Waals surface area contributed by atoms with Crippen molar-refractivity contribution in [1.29, 1.82) is 0 Å². The van der Waals surface area contributed by atoms with Gasteiger partial charge in [-0.3, -0.25) is 4.79 Å². The van der Waals surface area contributed by atoms with Gasteiger partial charge in [0.15, 0.2) is 0 Å². The van der Waals surface area contributed by atoms with E-state index < -0.39 is 0 Å². The molecular weight excluding hydrogens is 204 g/mol. The van der Waals surface area contributed by atoms with Gasteiger partial charge in [0.1, 0.15) is 6.61 Å². The minimum atomic E-state index is -0.320. The maximum atomic E-state index is 11.5. The van der Waals surface area contributed by atoms with Crippen LogP contribution in [0.4, 0.5) is 11.4 Å². The van der Waals surface area contributed by atoms with E-state index in [0.29, 0.717) is 11.4 Å². The number of benzene rings is 1. The average molecular weight is 222 g/mol. The van der Waals surface area contributed by atoms with Crippen molar-refractivity contribution in [2.24, 2.45) is 0 Å². The fraction of sp³-hybridized carbons (Fsp3) is 0.417. The van der Waals surface area contributed by atoms with Gasteiger partial charge >= 0.3 is 0 Å². The van der Waals surface area contributed by atoms with Gasteiger partial charge in [0.2, 0.25) is 5.91 Å². The molecule has 0 aromatic heterocycles. The fourth-order valence-electron chi connectivity index (χ4n) is 1.08. The third kappa shape index (κ3) is 4.31. The Kier molecular flexibility index (Phi) is 3.90. The van der Waals surface area contributed by atoms with Crippen molar-refractivity contribution >= 4 is 17.3 Å². The van der Waals surface area contributed by atoms with Crippen LogP contribution in [0.3, 0.4) is 0 Å². The van der Waals surface area contributed by atoms with Gasteiger partial charge in [-0.15, -0.1) is 0 Å². The van der Waals surface area contributed by atoms with Crippen LogP contribution in [0.25, 0.3) is 0 Å². The summed E-state index contributed by atoms with van der Waals surface area (Å²) < 4.78 is 5.35. The zero-order chi connectivity index (χ0) is 12.2. The van der Waals surface area contributed by atoms with Gasteiger partial charge in [0, 0.05) is 0 Å². The molecular formula is C12H18N2O2. The largest absolute Gasteiger partial charge is 0.397 e. The highest BCUT2D eigenvalue weighted by molar-refractivity contribution is 5.94. The minimum Gasteiger partial charge on any atom is -0.397 e. The van der Waals surface area contributed by atoms with E-state index in [9.17, 15) is 4.79 Å². The Bertz CT molecular complexity index is 370. The normalized spacial score (nSPS) is 11.2. The Morgan fingerprint density at radius 2 is 2.00 bits per heavy atom. The number of hydrogen-bond acceptors (Lipinski definition) is 3. The number of carbonyl (C=O) groups is 1. The Hall–Kier alpha value is -1.55. The topological polar surface area (TPSA) is 64.3 Å². The summed E-state index contributed by atoms with van der Waals surface area (Å²) in [4.78, 5) is 11.5.